The third-order valence-electron chi connectivity index (χ3n) is 6.63. The molecule has 188 valence electrons. The van der Waals surface area contributed by atoms with Gasteiger partial charge in [-0.15, -0.1) is 0 Å². The van der Waals surface area contributed by atoms with Crippen LogP contribution < -0.4 is 5.32 Å². The van der Waals surface area contributed by atoms with Crippen LogP contribution in [0.25, 0.3) is 0 Å². The lowest BCUT2D eigenvalue weighted by molar-refractivity contribution is -0.141. The van der Waals surface area contributed by atoms with Crippen molar-refractivity contribution in [3.05, 3.63) is 104 Å². The van der Waals surface area contributed by atoms with Crippen LogP contribution in [-0.2, 0) is 29.0 Å². The SMILES string of the molecule is O=C(NC1CCCC1)[C@H](Cc1ccccc1)N(Cc1ccc(Br)cc1)C(=O)Cc1c(Cl)cccc1Cl. The quantitative estimate of drug-likeness (QED) is 0.293. The van der Waals surface area contributed by atoms with Crippen LogP contribution in [0.3, 0.4) is 0 Å². The molecule has 0 aromatic heterocycles. The van der Waals surface area contributed by atoms with Crippen LogP contribution in [0, 0.1) is 0 Å². The fourth-order valence-corrected chi connectivity index (χ4v) is 5.46. The number of nitrogens with one attached hydrogen (secondary N) is 1. The fourth-order valence-electron chi connectivity index (χ4n) is 4.66. The summed E-state index contributed by atoms with van der Waals surface area (Å²) in [7, 11) is 0. The number of rotatable bonds is 9. The van der Waals surface area contributed by atoms with Crippen molar-refractivity contribution in [1.29, 1.82) is 0 Å². The van der Waals surface area contributed by atoms with Crippen molar-refractivity contribution in [2.24, 2.45) is 0 Å². The number of nitrogens with zero attached hydrogens (tertiary/aromatic N) is 1. The Kier molecular flexibility index (Phi) is 9.47. The summed E-state index contributed by atoms with van der Waals surface area (Å²) in [4.78, 5) is 29.3. The van der Waals surface area contributed by atoms with E-state index in [9.17, 15) is 9.59 Å². The summed E-state index contributed by atoms with van der Waals surface area (Å²) in [5.41, 5.74) is 2.50. The molecule has 0 saturated heterocycles. The second-order valence-electron chi connectivity index (χ2n) is 9.22. The van der Waals surface area contributed by atoms with Crippen LogP contribution in [0.15, 0.2) is 77.3 Å². The summed E-state index contributed by atoms with van der Waals surface area (Å²) in [6.07, 6.45) is 4.59. The molecule has 4 nitrogen and oxygen atoms in total. The van der Waals surface area contributed by atoms with Gasteiger partial charge in [0.2, 0.25) is 11.8 Å². The number of amides is 2. The Morgan fingerprint density at radius 1 is 0.889 bits per heavy atom. The van der Waals surface area contributed by atoms with Gasteiger partial charge in [-0.2, -0.15) is 0 Å². The molecular formula is C29H29BrCl2N2O2. The van der Waals surface area contributed by atoms with E-state index < -0.39 is 6.04 Å². The number of carbonyl (C=O) groups excluding carboxylic acids is 2. The van der Waals surface area contributed by atoms with Crippen LogP contribution in [-0.4, -0.2) is 28.8 Å². The highest BCUT2D eigenvalue weighted by Crippen LogP contribution is 2.27. The minimum absolute atomic E-state index is 0.0109. The highest BCUT2D eigenvalue weighted by molar-refractivity contribution is 9.10. The highest BCUT2D eigenvalue weighted by atomic mass is 79.9. The molecule has 0 spiro atoms. The molecule has 1 fully saturated rings. The van der Waals surface area contributed by atoms with Gasteiger partial charge in [-0.1, -0.05) is 101 Å². The number of hydrogen-bond acceptors (Lipinski definition) is 2. The first-order chi connectivity index (χ1) is 17.4. The van der Waals surface area contributed by atoms with Gasteiger partial charge in [0, 0.05) is 33.5 Å². The molecule has 0 aliphatic heterocycles. The molecule has 0 unspecified atom stereocenters. The van der Waals surface area contributed by atoms with Gasteiger partial charge >= 0.3 is 0 Å². The predicted octanol–water partition coefficient (Wildman–Crippen LogP) is 7.00. The molecule has 1 aliphatic carbocycles. The molecule has 36 heavy (non-hydrogen) atoms. The summed E-state index contributed by atoms with van der Waals surface area (Å²) >= 11 is 16.3. The third-order valence-corrected chi connectivity index (χ3v) is 7.87. The number of halogens is 3. The lowest BCUT2D eigenvalue weighted by Gasteiger charge is -2.32. The summed E-state index contributed by atoms with van der Waals surface area (Å²) in [6.45, 7) is 0.295. The maximum absolute atomic E-state index is 13.9. The maximum Gasteiger partial charge on any atom is 0.243 e. The van der Waals surface area contributed by atoms with E-state index >= 15 is 0 Å². The minimum atomic E-state index is -0.676. The molecule has 1 N–H and O–H groups in total. The molecule has 4 rings (SSSR count). The topological polar surface area (TPSA) is 49.4 Å². The maximum atomic E-state index is 13.9. The Labute approximate surface area is 231 Å². The zero-order valence-corrected chi connectivity index (χ0v) is 23.0. The van der Waals surface area contributed by atoms with E-state index in [1.54, 1.807) is 23.1 Å². The van der Waals surface area contributed by atoms with Crippen molar-refractivity contribution in [3.8, 4) is 0 Å². The van der Waals surface area contributed by atoms with E-state index in [4.69, 9.17) is 23.2 Å². The second-order valence-corrected chi connectivity index (χ2v) is 11.0. The van der Waals surface area contributed by atoms with Crippen molar-refractivity contribution in [1.82, 2.24) is 10.2 Å². The zero-order valence-electron chi connectivity index (χ0n) is 19.9. The largest absolute Gasteiger partial charge is 0.352 e. The summed E-state index contributed by atoms with van der Waals surface area (Å²) < 4.78 is 0.951. The first kappa shape index (κ1) is 26.7. The van der Waals surface area contributed by atoms with E-state index in [1.807, 2.05) is 54.6 Å². The van der Waals surface area contributed by atoms with E-state index in [2.05, 4.69) is 21.2 Å². The van der Waals surface area contributed by atoms with Gasteiger partial charge in [-0.3, -0.25) is 9.59 Å². The smallest absolute Gasteiger partial charge is 0.243 e. The Hall–Kier alpha value is -2.34. The molecular weight excluding hydrogens is 559 g/mol. The third kappa shape index (κ3) is 7.12. The monoisotopic (exact) mass is 586 g/mol. The molecule has 0 bridgehead atoms. The van der Waals surface area contributed by atoms with Gasteiger partial charge < -0.3 is 10.2 Å². The highest BCUT2D eigenvalue weighted by Gasteiger charge is 2.32. The van der Waals surface area contributed by atoms with E-state index in [1.165, 1.54) is 0 Å². The molecule has 0 heterocycles. The fraction of sp³-hybridized carbons (Fsp3) is 0.310. The van der Waals surface area contributed by atoms with Gasteiger partial charge in [0.15, 0.2) is 0 Å². The van der Waals surface area contributed by atoms with E-state index in [0.29, 0.717) is 28.6 Å². The van der Waals surface area contributed by atoms with Crippen molar-refractivity contribution in [3.63, 3.8) is 0 Å². The van der Waals surface area contributed by atoms with E-state index in [0.717, 1.165) is 41.3 Å². The van der Waals surface area contributed by atoms with Gasteiger partial charge in [0.1, 0.15) is 6.04 Å². The average molecular weight is 588 g/mol. The lowest BCUT2D eigenvalue weighted by Crippen LogP contribution is -2.52. The minimum Gasteiger partial charge on any atom is -0.352 e. The predicted molar refractivity (Wildman–Crippen MR) is 149 cm³/mol. The van der Waals surface area contributed by atoms with Crippen LogP contribution in [0.5, 0.6) is 0 Å². The molecule has 1 saturated carbocycles. The average Bonchev–Trinajstić information content (AvgIpc) is 3.38. The molecule has 3 aromatic rings. The Bertz CT molecular complexity index is 1160. The van der Waals surface area contributed by atoms with Crippen LogP contribution in [0.1, 0.15) is 42.4 Å². The van der Waals surface area contributed by atoms with Crippen molar-refractivity contribution < 1.29 is 9.59 Å². The number of benzene rings is 3. The van der Waals surface area contributed by atoms with Crippen molar-refractivity contribution in [2.75, 3.05) is 0 Å². The molecule has 0 radical (unpaired) electrons. The summed E-state index contributed by atoms with van der Waals surface area (Å²) in [5.74, 6) is -0.322. The van der Waals surface area contributed by atoms with Gasteiger partial charge in [-0.25, -0.2) is 0 Å². The van der Waals surface area contributed by atoms with Gasteiger partial charge in [0.25, 0.3) is 0 Å². The Morgan fingerprint density at radius 2 is 1.53 bits per heavy atom. The van der Waals surface area contributed by atoms with E-state index in [-0.39, 0.29) is 24.3 Å². The second kappa shape index (κ2) is 12.8. The van der Waals surface area contributed by atoms with Crippen molar-refractivity contribution in [2.45, 2.75) is 57.2 Å². The molecule has 1 aliphatic rings. The zero-order chi connectivity index (χ0) is 25.5. The summed E-state index contributed by atoms with van der Waals surface area (Å²) in [6, 6.07) is 22.3. The molecule has 3 aromatic carbocycles. The normalized spacial score (nSPS) is 14.4. The van der Waals surface area contributed by atoms with Gasteiger partial charge in [-0.05, 0) is 53.8 Å². The summed E-state index contributed by atoms with van der Waals surface area (Å²) in [5, 5.41) is 4.10. The van der Waals surface area contributed by atoms with Crippen LogP contribution in [0.4, 0.5) is 0 Å². The van der Waals surface area contributed by atoms with Gasteiger partial charge in [0.05, 0.1) is 6.42 Å². The Balaban J connectivity index is 1.68. The Morgan fingerprint density at radius 3 is 2.17 bits per heavy atom. The molecule has 1 atom stereocenters. The first-order valence-electron chi connectivity index (χ1n) is 12.2. The van der Waals surface area contributed by atoms with Crippen LogP contribution in [0.2, 0.25) is 10.0 Å². The van der Waals surface area contributed by atoms with Crippen LogP contribution >= 0.6 is 39.1 Å². The first-order valence-corrected chi connectivity index (χ1v) is 13.8. The molecule has 7 heteroatoms. The lowest BCUT2D eigenvalue weighted by atomic mass is 10.0. The standard InChI is InChI=1S/C29H29BrCl2N2O2/c30-22-15-13-21(14-16-22)19-34(28(35)18-24-25(31)11-6-12-26(24)32)27(17-20-7-2-1-3-8-20)29(36)33-23-9-4-5-10-23/h1-3,6-8,11-16,23,27H,4-5,9-10,17-19H2,(H,33,36)/t27-/m0/s1. The number of hydrogen-bond donors (Lipinski definition) is 1. The van der Waals surface area contributed by atoms with Crippen molar-refractivity contribution >= 4 is 50.9 Å². The molecule has 2 amide bonds. The number of carbonyl (C=O) groups is 2.